The molecule has 10 heavy (non-hydrogen) atoms. The third-order valence-electron chi connectivity index (χ3n) is 0.298. The molecule has 0 atom stereocenters. The van der Waals surface area contributed by atoms with E-state index in [0.717, 1.165) is 0 Å². The summed E-state index contributed by atoms with van der Waals surface area (Å²) in [5.74, 6) is 0. The van der Waals surface area contributed by atoms with Crippen molar-refractivity contribution in [3.63, 3.8) is 0 Å². The highest BCUT2D eigenvalue weighted by molar-refractivity contribution is 8.02. The highest BCUT2D eigenvalue weighted by Crippen LogP contribution is 1.88. The summed E-state index contributed by atoms with van der Waals surface area (Å²) in [6, 6.07) is 0. The van der Waals surface area contributed by atoms with Crippen LogP contribution in [0.4, 0.5) is 0 Å². The fraction of sp³-hybridized carbons (Fsp3) is 1.00. The fourth-order valence-electron chi connectivity index (χ4n) is 0.188. The van der Waals surface area contributed by atoms with E-state index < -0.39 is 25.3 Å². The summed E-state index contributed by atoms with van der Waals surface area (Å²) in [6.07, 6.45) is 0. The van der Waals surface area contributed by atoms with Gasteiger partial charge in [-0.05, 0) is 0 Å². The molecule has 9 heteroatoms. The minimum atomic E-state index is -4.62. The van der Waals surface area contributed by atoms with Crippen molar-refractivity contribution in [2.45, 2.75) is 0 Å². The Hall–Kier alpha value is 0.352. The lowest BCUT2D eigenvalue weighted by molar-refractivity contribution is 0.471. The maximum Gasteiger partial charge on any atom is 0.281 e. The molecular formula is CH7AlO6S2. The Morgan fingerprint density at radius 2 is 1.10 bits per heavy atom. The Kier molecular flexibility index (Phi) is 4.75. The Bertz CT molecular complexity index is 241. The SMILES string of the molecule is O=S(=O)(O)CS(=O)(=O)O.[AlH3]. The molecule has 0 saturated carbocycles. The van der Waals surface area contributed by atoms with Crippen molar-refractivity contribution in [3.8, 4) is 0 Å². The highest BCUT2D eigenvalue weighted by atomic mass is 32.3. The monoisotopic (exact) mass is 206 g/mol. The molecule has 0 heterocycles. The predicted octanol–water partition coefficient (Wildman–Crippen LogP) is -2.46. The molecule has 0 bridgehead atoms. The van der Waals surface area contributed by atoms with Crippen LogP contribution in [-0.2, 0) is 20.2 Å². The van der Waals surface area contributed by atoms with Crippen molar-refractivity contribution in [1.82, 2.24) is 0 Å². The van der Waals surface area contributed by atoms with Gasteiger partial charge < -0.3 is 0 Å². The standard InChI is InChI=1S/CH4O6S2.Al.3H/c2-8(3,4)1-9(5,6)7;;;;/h1H2,(H,2,3,4)(H,5,6,7);;;;. The van der Waals surface area contributed by atoms with Crippen molar-refractivity contribution in [2.75, 3.05) is 5.08 Å². The van der Waals surface area contributed by atoms with E-state index in [-0.39, 0.29) is 17.4 Å². The van der Waals surface area contributed by atoms with Crippen LogP contribution in [0.5, 0.6) is 0 Å². The van der Waals surface area contributed by atoms with Gasteiger partial charge in [-0.3, -0.25) is 9.11 Å². The van der Waals surface area contributed by atoms with E-state index in [4.69, 9.17) is 9.11 Å². The average molecular weight is 206 g/mol. The van der Waals surface area contributed by atoms with Crippen LogP contribution in [0.25, 0.3) is 0 Å². The summed E-state index contributed by atoms with van der Waals surface area (Å²) >= 11 is 0. The maximum absolute atomic E-state index is 9.66. The van der Waals surface area contributed by atoms with Crippen molar-refractivity contribution >= 4 is 37.6 Å². The van der Waals surface area contributed by atoms with Crippen LogP contribution >= 0.6 is 0 Å². The highest BCUT2D eigenvalue weighted by Gasteiger charge is 2.15. The molecule has 2 N–H and O–H groups in total. The van der Waals surface area contributed by atoms with E-state index in [1.54, 1.807) is 0 Å². The molecule has 0 aromatic heterocycles. The minimum absolute atomic E-state index is 0. The van der Waals surface area contributed by atoms with E-state index >= 15 is 0 Å². The minimum Gasteiger partial charge on any atom is -0.285 e. The van der Waals surface area contributed by atoms with Crippen LogP contribution in [0, 0.1) is 0 Å². The van der Waals surface area contributed by atoms with Crippen LogP contribution in [0.1, 0.15) is 0 Å². The molecule has 0 aromatic carbocycles. The maximum atomic E-state index is 9.66. The molecule has 62 valence electrons. The Morgan fingerprint density at radius 1 is 0.900 bits per heavy atom. The molecule has 0 amide bonds. The first-order valence-electron chi connectivity index (χ1n) is 1.61. The fourth-order valence-corrected chi connectivity index (χ4v) is 1.69. The summed E-state index contributed by atoms with van der Waals surface area (Å²) in [6.45, 7) is 0. The van der Waals surface area contributed by atoms with Crippen LogP contribution in [0.3, 0.4) is 0 Å². The van der Waals surface area contributed by atoms with Crippen LogP contribution < -0.4 is 0 Å². The van der Waals surface area contributed by atoms with Gasteiger partial charge in [0.2, 0.25) is 5.08 Å². The second kappa shape index (κ2) is 3.66. The molecule has 6 nitrogen and oxygen atoms in total. The number of hydrogen-bond acceptors (Lipinski definition) is 4. The molecule has 0 aliphatic heterocycles. The third kappa shape index (κ3) is 11.2. The van der Waals surface area contributed by atoms with E-state index in [2.05, 4.69) is 0 Å². The van der Waals surface area contributed by atoms with E-state index in [0.29, 0.717) is 0 Å². The molecule has 0 fully saturated rings. The van der Waals surface area contributed by atoms with E-state index in [9.17, 15) is 16.8 Å². The molecule has 0 rings (SSSR count). The summed E-state index contributed by atoms with van der Waals surface area (Å²) in [4.78, 5) is 0. The largest absolute Gasteiger partial charge is 0.285 e. The second-order valence-electron chi connectivity index (χ2n) is 1.28. The zero-order valence-electron chi connectivity index (χ0n) is 4.05. The zero-order valence-corrected chi connectivity index (χ0v) is 5.68. The van der Waals surface area contributed by atoms with Gasteiger partial charge in [-0.25, -0.2) is 0 Å². The molecule has 0 aliphatic carbocycles. The molecule has 0 aromatic rings. The Labute approximate surface area is 68.9 Å². The summed E-state index contributed by atoms with van der Waals surface area (Å²) in [7, 11) is -9.24. The number of hydrogen-bond donors (Lipinski definition) is 2. The van der Waals surface area contributed by atoms with Crippen LogP contribution in [0.2, 0.25) is 0 Å². The van der Waals surface area contributed by atoms with Gasteiger partial charge >= 0.3 is 0 Å². The first-order chi connectivity index (χ1) is 3.71. The molecular weight excluding hydrogens is 199 g/mol. The van der Waals surface area contributed by atoms with Crippen molar-refractivity contribution in [3.05, 3.63) is 0 Å². The topological polar surface area (TPSA) is 109 Å². The van der Waals surface area contributed by atoms with Gasteiger partial charge in [-0.15, -0.1) is 0 Å². The van der Waals surface area contributed by atoms with Crippen molar-refractivity contribution < 1.29 is 25.9 Å². The lowest BCUT2D eigenvalue weighted by Gasteiger charge is -1.89. The van der Waals surface area contributed by atoms with Crippen LogP contribution in [-0.4, -0.2) is 48.4 Å². The van der Waals surface area contributed by atoms with Gasteiger partial charge in [-0.1, -0.05) is 0 Å². The van der Waals surface area contributed by atoms with Crippen LogP contribution in [0.15, 0.2) is 0 Å². The normalized spacial score (nSPS) is 12.2. The van der Waals surface area contributed by atoms with E-state index in [1.807, 2.05) is 0 Å². The van der Waals surface area contributed by atoms with E-state index in [1.165, 1.54) is 0 Å². The molecule has 0 spiro atoms. The quantitative estimate of drug-likeness (QED) is 0.383. The first kappa shape index (κ1) is 13.0. The average Bonchev–Trinajstić information content (AvgIpc) is 1.14. The summed E-state index contributed by atoms with van der Waals surface area (Å²) < 4.78 is 54.2. The van der Waals surface area contributed by atoms with Gasteiger partial charge in [0.25, 0.3) is 20.2 Å². The van der Waals surface area contributed by atoms with Gasteiger partial charge in [0, 0.05) is 0 Å². The molecule has 0 radical (unpaired) electrons. The Balaban J connectivity index is 0. The first-order valence-corrected chi connectivity index (χ1v) is 4.83. The number of rotatable bonds is 2. The lowest BCUT2D eigenvalue weighted by atomic mass is 11.9. The van der Waals surface area contributed by atoms with Gasteiger partial charge in [-0.2, -0.15) is 16.8 Å². The summed E-state index contributed by atoms with van der Waals surface area (Å²) in [5.41, 5.74) is 0. The Morgan fingerprint density at radius 3 is 1.10 bits per heavy atom. The van der Waals surface area contributed by atoms with Crippen molar-refractivity contribution in [2.24, 2.45) is 0 Å². The predicted molar refractivity (Wildman–Crippen MR) is 37.9 cm³/mol. The van der Waals surface area contributed by atoms with Crippen molar-refractivity contribution in [1.29, 1.82) is 0 Å². The molecule has 0 saturated heterocycles. The van der Waals surface area contributed by atoms with Gasteiger partial charge in [0.1, 0.15) is 0 Å². The lowest BCUT2D eigenvalue weighted by Crippen LogP contribution is -2.13. The smallest absolute Gasteiger partial charge is 0.281 e. The zero-order chi connectivity index (χ0) is 7.71. The second-order valence-corrected chi connectivity index (χ2v) is 4.55. The molecule has 0 unspecified atom stereocenters. The molecule has 0 aliphatic rings. The van der Waals surface area contributed by atoms with Gasteiger partial charge in [0.05, 0.1) is 0 Å². The summed E-state index contributed by atoms with van der Waals surface area (Å²) in [5, 5.41) is -1.65. The van der Waals surface area contributed by atoms with Gasteiger partial charge in [0.15, 0.2) is 17.4 Å². The third-order valence-corrected chi connectivity index (χ3v) is 2.68.